The number of methoxy groups -OCH3 is 1. The van der Waals surface area contributed by atoms with E-state index in [-0.39, 0.29) is 11.4 Å². The Balaban J connectivity index is 2.15. The van der Waals surface area contributed by atoms with Gasteiger partial charge in [-0.15, -0.1) is 11.3 Å². The van der Waals surface area contributed by atoms with Gasteiger partial charge < -0.3 is 4.74 Å². The Morgan fingerprint density at radius 1 is 1.11 bits per heavy atom. The van der Waals surface area contributed by atoms with Crippen LogP contribution in [0.25, 0.3) is 10.1 Å². The van der Waals surface area contributed by atoms with Gasteiger partial charge in [-0.05, 0) is 36.1 Å². The molecule has 3 aromatic rings. The molecule has 2 aromatic carbocycles. The van der Waals surface area contributed by atoms with E-state index in [0.717, 1.165) is 15.6 Å². The topological polar surface area (TPSA) is 63.7 Å². The van der Waals surface area contributed by atoms with Gasteiger partial charge >= 0.3 is 5.97 Å². The SMILES string of the molecule is COC(=O)C(C)CN(c1sc2ccccc2c1C)S(=O)(=O)c1ccccc1. The quantitative estimate of drug-likeness (QED) is 0.578. The monoisotopic (exact) mass is 403 g/mol. The van der Waals surface area contributed by atoms with Crippen LogP contribution in [-0.2, 0) is 19.6 Å². The molecule has 7 heteroatoms. The van der Waals surface area contributed by atoms with Gasteiger partial charge in [0.15, 0.2) is 0 Å². The van der Waals surface area contributed by atoms with Gasteiger partial charge in [0.25, 0.3) is 10.0 Å². The second-order valence-electron chi connectivity index (χ2n) is 6.30. The first-order valence-corrected chi connectivity index (χ1v) is 10.8. The number of esters is 1. The van der Waals surface area contributed by atoms with Gasteiger partial charge in [-0.25, -0.2) is 8.42 Å². The molecule has 27 heavy (non-hydrogen) atoms. The average molecular weight is 404 g/mol. The highest BCUT2D eigenvalue weighted by atomic mass is 32.2. The molecular formula is C20H21NO4S2. The summed E-state index contributed by atoms with van der Waals surface area (Å²) in [5, 5.41) is 1.63. The number of rotatable bonds is 6. The van der Waals surface area contributed by atoms with Gasteiger partial charge in [0.05, 0.1) is 17.9 Å². The molecule has 3 rings (SSSR count). The Bertz CT molecular complexity index is 1060. The van der Waals surface area contributed by atoms with E-state index in [9.17, 15) is 13.2 Å². The molecule has 142 valence electrons. The van der Waals surface area contributed by atoms with Crippen LogP contribution in [0.5, 0.6) is 0 Å². The third-order valence-corrected chi connectivity index (χ3v) is 7.61. The van der Waals surface area contributed by atoms with Crippen LogP contribution in [0.15, 0.2) is 59.5 Å². The fourth-order valence-corrected chi connectivity index (χ4v) is 6.00. The lowest BCUT2D eigenvalue weighted by Crippen LogP contribution is -2.37. The summed E-state index contributed by atoms with van der Waals surface area (Å²) in [6.07, 6.45) is 0. The van der Waals surface area contributed by atoms with Crippen molar-refractivity contribution in [1.82, 2.24) is 0 Å². The van der Waals surface area contributed by atoms with E-state index in [1.54, 1.807) is 37.3 Å². The molecule has 0 aliphatic heterocycles. The van der Waals surface area contributed by atoms with Gasteiger partial charge in [-0.2, -0.15) is 0 Å². The Kier molecular flexibility index (Phi) is 5.53. The predicted molar refractivity (Wildman–Crippen MR) is 109 cm³/mol. The molecule has 0 bridgehead atoms. The van der Waals surface area contributed by atoms with Crippen molar-refractivity contribution in [3.63, 3.8) is 0 Å². The normalized spacial score (nSPS) is 12.7. The summed E-state index contributed by atoms with van der Waals surface area (Å²) >= 11 is 1.41. The number of ether oxygens (including phenoxy) is 1. The highest BCUT2D eigenvalue weighted by Crippen LogP contribution is 2.40. The van der Waals surface area contributed by atoms with E-state index in [1.807, 2.05) is 31.2 Å². The van der Waals surface area contributed by atoms with Crippen molar-refractivity contribution in [3.05, 3.63) is 60.2 Å². The van der Waals surface area contributed by atoms with E-state index < -0.39 is 21.9 Å². The first kappa shape index (κ1) is 19.4. The molecule has 0 fully saturated rings. The summed E-state index contributed by atoms with van der Waals surface area (Å²) in [7, 11) is -2.52. The number of carbonyl (C=O) groups is 1. The maximum atomic E-state index is 13.4. The van der Waals surface area contributed by atoms with Crippen molar-refractivity contribution in [3.8, 4) is 0 Å². The van der Waals surface area contributed by atoms with Gasteiger partial charge in [-0.3, -0.25) is 9.10 Å². The molecule has 1 heterocycles. The van der Waals surface area contributed by atoms with E-state index in [4.69, 9.17) is 4.74 Å². The molecule has 1 aromatic heterocycles. The van der Waals surface area contributed by atoms with Gasteiger partial charge in [0.1, 0.15) is 5.00 Å². The third-order valence-electron chi connectivity index (χ3n) is 4.42. The van der Waals surface area contributed by atoms with Crippen LogP contribution < -0.4 is 4.31 Å². The van der Waals surface area contributed by atoms with Crippen molar-refractivity contribution < 1.29 is 17.9 Å². The lowest BCUT2D eigenvalue weighted by molar-refractivity contribution is -0.144. The molecule has 5 nitrogen and oxygen atoms in total. The largest absolute Gasteiger partial charge is 0.469 e. The van der Waals surface area contributed by atoms with Crippen molar-refractivity contribution in [2.24, 2.45) is 5.92 Å². The number of sulfonamides is 1. The zero-order valence-electron chi connectivity index (χ0n) is 15.4. The van der Waals surface area contributed by atoms with Gasteiger partial charge in [0.2, 0.25) is 0 Å². The number of nitrogens with zero attached hydrogens (tertiary/aromatic N) is 1. The molecule has 0 aliphatic rings. The van der Waals surface area contributed by atoms with Crippen LogP contribution in [0, 0.1) is 12.8 Å². The zero-order valence-corrected chi connectivity index (χ0v) is 17.0. The number of benzene rings is 2. The molecule has 0 amide bonds. The van der Waals surface area contributed by atoms with Gasteiger partial charge in [-0.1, -0.05) is 43.3 Å². The lowest BCUT2D eigenvalue weighted by Gasteiger charge is -2.26. The Morgan fingerprint density at radius 3 is 2.37 bits per heavy atom. The summed E-state index contributed by atoms with van der Waals surface area (Å²) in [6, 6.07) is 16.1. The predicted octanol–water partition coefficient (Wildman–Crippen LogP) is 4.21. The molecule has 1 atom stereocenters. The molecule has 0 aliphatic carbocycles. The van der Waals surface area contributed by atoms with E-state index in [1.165, 1.54) is 22.8 Å². The number of hydrogen-bond donors (Lipinski definition) is 0. The fraction of sp³-hybridized carbons (Fsp3) is 0.250. The summed E-state index contributed by atoms with van der Waals surface area (Å²) in [5.74, 6) is -1.04. The lowest BCUT2D eigenvalue weighted by atomic mass is 10.1. The first-order valence-electron chi connectivity index (χ1n) is 8.50. The minimum Gasteiger partial charge on any atom is -0.469 e. The number of fused-ring (bicyclic) bond motifs is 1. The van der Waals surface area contributed by atoms with Crippen LogP contribution >= 0.6 is 11.3 Å². The van der Waals surface area contributed by atoms with Crippen LogP contribution in [0.2, 0.25) is 0 Å². The van der Waals surface area contributed by atoms with Crippen molar-refractivity contribution >= 4 is 42.4 Å². The minimum absolute atomic E-state index is 0.0115. The van der Waals surface area contributed by atoms with Gasteiger partial charge in [0, 0.05) is 11.2 Å². The van der Waals surface area contributed by atoms with Crippen LogP contribution in [-0.4, -0.2) is 28.0 Å². The fourth-order valence-electron chi connectivity index (χ4n) is 2.93. The summed E-state index contributed by atoms with van der Waals surface area (Å²) in [4.78, 5) is 12.2. The smallest absolute Gasteiger partial charge is 0.310 e. The second kappa shape index (κ2) is 7.70. The minimum atomic E-state index is -3.83. The summed E-state index contributed by atoms with van der Waals surface area (Å²) in [6.45, 7) is 3.59. The van der Waals surface area contributed by atoms with Crippen LogP contribution in [0.1, 0.15) is 12.5 Å². The van der Waals surface area contributed by atoms with E-state index in [0.29, 0.717) is 5.00 Å². The average Bonchev–Trinajstić information content (AvgIpc) is 3.02. The number of aryl methyl sites for hydroxylation is 1. The maximum absolute atomic E-state index is 13.4. The molecule has 0 saturated heterocycles. The number of anilines is 1. The third kappa shape index (κ3) is 3.70. The second-order valence-corrected chi connectivity index (χ2v) is 9.19. The molecule has 1 unspecified atom stereocenters. The highest BCUT2D eigenvalue weighted by Gasteiger charge is 2.31. The van der Waals surface area contributed by atoms with Crippen molar-refractivity contribution in [2.45, 2.75) is 18.7 Å². The van der Waals surface area contributed by atoms with Crippen LogP contribution in [0.3, 0.4) is 0 Å². The van der Waals surface area contributed by atoms with Crippen LogP contribution in [0.4, 0.5) is 5.00 Å². The number of carbonyl (C=O) groups excluding carboxylic acids is 1. The zero-order chi connectivity index (χ0) is 19.6. The summed E-state index contributed by atoms with van der Waals surface area (Å²) in [5.41, 5.74) is 0.882. The molecule has 0 spiro atoms. The van der Waals surface area contributed by atoms with E-state index >= 15 is 0 Å². The Morgan fingerprint density at radius 2 is 1.74 bits per heavy atom. The molecular weight excluding hydrogens is 382 g/mol. The Labute approximate surface area is 163 Å². The summed E-state index contributed by atoms with van der Waals surface area (Å²) < 4.78 is 33.9. The number of hydrogen-bond acceptors (Lipinski definition) is 5. The number of thiophene rings is 1. The van der Waals surface area contributed by atoms with E-state index in [2.05, 4.69) is 0 Å². The molecule has 0 saturated carbocycles. The van der Waals surface area contributed by atoms with Crippen molar-refractivity contribution in [2.75, 3.05) is 18.0 Å². The maximum Gasteiger partial charge on any atom is 0.310 e. The Hall–Kier alpha value is -2.38. The molecule has 0 N–H and O–H groups in total. The first-order chi connectivity index (χ1) is 12.9. The van der Waals surface area contributed by atoms with Crippen molar-refractivity contribution in [1.29, 1.82) is 0 Å². The molecule has 0 radical (unpaired) electrons. The standard InChI is InChI=1S/C20H21NO4S2/c1-14(20(22)25-3)13-21(27(23,24)16-9-5-4-6-10-16)19-15(2)17-11-7-8-12-18(17)26-19/h4-12,14H,13H2,1-3H3. The highest BCUT2D eigenvalue weighted by molar-refractivity contribution is 7.93.